The number of rotatable bonds is 5. The van der Waals surface area contributed by atoms with Gasteiger partial charge in [0.15, 0.2) is 0 Å². The first kappa shape index (κ1) is 13.9. The van der Waals surface area contributed by atoms with Crippen molar-refractivity contribution in [2.24, 2.45) is 7.05 Å². The van der Waals surface area contributed by atoms with Gasteiger partial charge in [0.05, 0.1) is 24.1 Å². The Morgan fingerprint density at radius 1 is 1.45 bits per heavy atom. The Hall–Kier alpha value is -2.57. The Morgan fingerprint density at radius 2 is 2.25 bits per heavy atom. The fourth-order valence-corrected chi connectivity index (χ4v) is 1.65. The molecule has 0 aliphatic rings. The third kappa shape index (κ3) is 3.25. The third-order valence-corrected chi connectivity index (χ3v) is 2.55. The van der Waals surface area contributed by atoms with Gasteiger partial charge in [-0.25, -0.2) is 4.79 Å². The lowest BCUT2D eigenvalue weighted by Crippen LogP contribution is -2.07. The lowest BCUT2D eigenvalue weighted by Gasteiger charge is -2.08. The molecule has 0 spiro atoms. The van der Waals surface area contributed by atoms with E-state index in [1.165, 1.54) is 10.7 Å². The first-order chi connectivity index (χ1) is 9.60. The average molecular weight is 276 g/mol. The molecule has 1 aromatic carbocycles. The molecule has 2 N–H and O–H groups in total. The van der Waals surface area contributed by atoms with Crippen molar-refractivity contribution in [2.45, 2.75) is 13.5 Å². The van der Waals surface area contributed by atoms with Crippen LogP contribution in [0.5, 0.6) is 5.75 Å². The molecule has 2 aromatic rings. The maximum Gasteiger partial charge on any atom is 0.338 e. The van der Waals surface area contributed by atoms with Gasteiger partial charge in [-0.2, -0.15) is 0 Å². The van der Waals surface area contributed by atoms with Crippen LogP contribution < -0.4 is 10.5 Å². The minimum atomic E-state index is -0.467. The fourth-order valence-electron chi connectivity index (χ4n) is 1.65. The first-order valence-corrected chi connectivity index (χ1v) is 6.14. The Balaban J connectivity index is 2.00. The molecule has 1 heterocycles. The lowest BCUT2D eigenvalue weighted by atomic mass is 10.2. The molecule has 0 saturated heterocycles. The van der Waals surface area contributed by atoms with E-state index in [1.807, 2.05) is 6.92 Å². The molecule has 1 aromatic heterocycles. The normalized spacial score (nSPS) is 10.3. The second-order valence-corrected chi connectivity index (χ2v) is 4.15. The van der Waals surface area contributed by atoms with Crippen LogP contribution in [0.3, 0.4) is 0 Å². The number of nitrogens with zero attached hydrogens (tertiary/aromatic N) is 3. The van der Waals surface area contributed by atoms with Gasteiger partial charge in [0.25, 0.3) is 0 Å². The Kier molecular flexibility index (Phi) is 4.19. The maximum atomic E-state index is 11.9. The average Bonchev–Trinajstić information content (AvgIpc) is 2.84. The van der Waals surface area contributed by atoms with E-state index in [-0.39, 0.29) is 6.61 Å². The summed E-state index contributed by atoms with van der Waals surface area (Å²) in [5, 5.41) is 7.58. The van der Waals surface area contributed by atoms with Gasteiger partial charge >= 0.3 is 5.97 Å². The number of hydrogen-bond acceptors (Lipinski definition) is 6. The molecule has 0 bridgehead atoms. The van der Waals surface area contributed by atoms with Gasteiger partial charge in [0, 0.05) is 7.05 Å². The zero-order chi connectivity index (χ0) is 14.5. The summed E-state index contributed by atoms with van der Waals surface area (Å²) in [5.74, 6) is 0.0865. The van der Waals surface area contributed by atoms with Gasteiger partial charge in [0.2, 0.25) is 0 Å². The van der Waals surface area contributed by atoms with E-state index in [4.69, 9.17) is 15.2 Å². The second-order valence-electron chi connectivity index (χ2n) is 4.15. The summed E-state index contributed by atoms with van der Waals surface area (Å²) in [5.41, 5.74) is 7.15. The highest BCUT2D eigenvalue weighted by molar-refractivity contribution is 5.91. The van der Waals surface area contributed by atoms with Gasteiger partial charge in [-0.15, -0.1) is 5.10 Å². The number of aryl methyl sites for hydroxylation is 1. The van der Waals surface area contributed by atoms with Crippen LogP contribution in [0.4, 0.5) is 5.69 Å². The number of esters is 1. The molecule has 0 fully saturated rings. The van der Waals surface area contributed by atoms with Crippen LogP contribution in [-0.2, 0) is 18.4 Å². The zero-order valence-corrected chi connectivity index (χ0v) is 11.4. The smallest absolute Gasteiger partial charge is 0.338 e. The largest absolute Gasteiger partial charge is 0.492 e. The van der Waals surface area contributed by atoms with E-state index >= 15 is 0 Å². The van der Waals surface area contributed by atoms with E-state index < -0.39 is 5.97 Å². The summed E-state index contributed by atoms with van der Waals surface area (Å²) in [6.45, 7) is 2.45. The molecule has 0 saturated carbocycles. The second kappa shape index (κ2) is 6.05. The van der Waals surface area contributed by atoms with Crippen molar-refractivity contribution in [3.8, 4) is 5.75 Å². The molecule has 0 aliphatic carbocycles. The first-order valence-electron chi connectivity index (χ1n) is 6.14. The molecule has 0 unspecified atom stereocenters. The number of benzene rings is 1. The van der Waals surface area contributed by atoms with Gasteiger partial charge in [0.1, 0.15) is 18.1 Å². The lowest BCUT2D eigenvalue weighted by molar-refractivity contribution is 0.0467. The minimum absolute atomic E-state index is 0.0692. The van der Waals surface area contributed by atoms with Crippen LogP contribution in [0.2, 0.25) is 0 Å². The monoisotopic (exact) mass is 276 g/mol. The topological polar surface area (TPSA) is 92.3 Å². The minimum Gasteiger partial charge on any atom is -0.492 e. The number of aromatic nitrogens is 3. The molecule has 0 atom stereocenters. The Morgan fingerprint density at radius 3 is 2.85 bits per heavy atom. The van der Waals surface area contributed by atoms with E-state index in [2.05, 4.69) is 10.3 Å². The van der Waals surface area contributed by atoms with Crippen molar-refractivity contribution in [3.63, 3.8) is 0 Å². The SMILES string of the molecule is CCOc1ccc(C(=O)OCc2cn(C)nn2)cc1N. The predicted molar refractivity (Wildman–Crippen MR) is 72.1 cm³/mol. The predicted octanol–water partition coefficient (Wildman–Crippen LogP) is 1.15. The van der Waals surface area contributed by atoms with Crippen LogP contribution >= 0.6 is 0 Å². The Labute approximate surface area is 116 Å². The number of carbonyl (C=O) groups is 1. The molecule has 106 valence electrons. The van der Waals surface area contributed by atoms with Crippen LogP contribution in [0.15, 0.2) is 24.4 Å². The summed E-state index contributed by atoms with van der Waals surface area (Å²) in [6, 6.07) is 4.79. The van der Waals surface area contributed by atoms with Crippen LogP contribution in [0.1, 0.15) is 23.0 Å². The van der Waals surface area contributed by atoms with Crippen molar-refractivity contribution in [3.05, 3.63) is 35.7 Å². The summed E-state index contributed by atoms with van der Waals surface area (Å²) in [7, 11) is 1.74. The molecule has 0 amide bonds. The van der Waals surface area contributed by atoms with Crippen LogP contribution in [0, 0.1) is 0 Å². The number of nitrogen functional groups attached to an aromatic ring is 1. The van der Waals surface area contributed by atoms with Crippen LogP contribution in [-0.4, -0.2) is 27.6 Å². The highest BCUT2D eigenvalue weighted by Gasteiger charge is 2.11. The van der Waals surface area contributed by atoms with E-state index in [0.29, 0.717) is 29.3 Å². The molecular weight excluding hydrogens is 260 g/mol. The number of ether oxygens (including phenoxy) is 2. The molecule has 0 aliphatic heterocycles. The Bertz CT molecular complexity index is 609. The summed E-state index contributed by atoms with van der Waals surface area (Å²) in [4.78, 5) is 11.9. The highest BCUT2D eigenvalue weighted by Crippen LogP contribution is 2.22. The van der Waals surface area contributed by atoms with Crippen LogP contribution in [0.25, 0.3) is 0 Å². The number of anilines is 1. The zero-order valence-electron chi connectivity index (χ0n) is 11.4. The standard InChI is InChI=1S/C13H16N4O3/c1-3-19-12-5-4-9(6-11(12)14)13(18)20-8-10-7-17(2)16-15-10/h4-7H,3,8,14H2,1-2H3. The molecule has 7 heteroatoms. The highest BCUT2D eigenvalue weighted by atomic mass is 16.5. The van der Waals surface area contributed by atoms with Crippen molar-refractivity contribution < 1.29 is 14.3 Å². The van der Waals surface area contributed by atoms with Gasteiger partial charge < -0.3 is 15.2 Å². The van der Waals surface area contributed by atoms with Crippen molar-refractivity contribution in [1.29, 1.82) is 0 Å². The van der Waals surface area contributed by atoms with Crippen molar-refractivity contribution in [1.82, 2.24) is 15.0 Å². The number of hydrogen-bond donors (Lipinski definition) is 1. The molecular formula is C13H16N4O3. The number of carbonyl (C=O) groups excluding carboxylic acids is 1. The third-order valence-electron chi connectivity index (χ3n) is 2.55. The molecule has 2 rings (SSSR count). The van der Waals surface area contributed by atoms with Gasteiger partial charge in [-0.05, 0) is 25.1 Å². The molecule has 0 radical (unpaired) electrons. The molecule has 7 nitrogen and oxygen atoms in total. The molecule has 20 heavy (non-hydrogen) atoms. The van der Waals surface area contributed by atoms with Gasteiger partial charge in [-0.3, -0.25) is 4.68 Å². The van der Waals surface area contributed by atoms with E-state index in [0.717, 1.165) is 0 Å². The quantitative estimate of drug-likeness (QED) is 0.650. The summed E-state index contributed by atoms with van der Waals surface area (Å²) < 4.78 is 12.0. The number of nitrogens with two attached hydrogens (primary N) is 1. The maximum absolute atomic E-state index is 11.9. The fraction of sp³-hybridized carbons (Fsp3) is 0.308. The van der Waals surface area contributed by atoms with Crippen molar-refractivity contribution >= 4 is 11.7 Å². The summed E-state index contributed by atoms with van der Waals surface area (Å²) in [6.07, 6.45) is 1.68. The van der Waals surface area contributed by atoms with Gasteiger partial charge in [-0.1, -0.05) is 5.21 Å². The van der Waals surface area contributed by atoms with E-state index in [9.17, 15) is 4.79 Å². The van der Waals surface area contributed by atoms with Crippen molar-refractivity contribution in [2.75, 3.05) is 12.3 Å². The van der Waals surface area contributed by atoms with E-state index in [1.54, 1.807) is 25.4 Å². The summed E-state index contributed by atoms with van der Waals surface area (Å²) >= 11 is 0.